The summed E-state index contributed by atoms with van der Waals surface area (Å²) < 4.78 is 17.6. The fourth-order valence-corrected chi connectivity index (χ4v) is 5.02. The smallest absolute Gasteiger partial charge is 0.307 e. The number of thiocarbonyl (C=S) groups is 1. The molecule has 0 saturated carbocycles. The summed E-state index contributed by atoms with van der Waals surface area (Å²) in [7, 11) is 1.31. The van der Waals surface area contributed by atoms with Crippen LogP contribution in [0.15, 0.2) is 51.8 Å². The first-order chi connectivity index (χ1) is 15.9. The van der Waals surface area contributed by atoms with Crippen molar-refractivity contribution < 1.29 is 23.8 Å². The highest BCUT2D eigenvalue weighted by Gasteiger charge is 2.32. The molecule has 0 aliphatic carbocycles. The lowest BCUT2D eigenvalue weighted by Gasteiger charge is -2.15. The Bertz CT molecular complexity index is 1060. The minimum Gasteiger partial charge on any atom is -0.490 e. The van der Waals surface area contributed by atoms with Gasteiger partial charge in [0, 0.05) is 13.0 Å². The minimum absolute atomic E-state index is 0.0886. The van der Waals surface area contributed by atoms with Gasteiger partial charge in [-0.05, 0) is 52.2 Å². The van der Waals surface area contributed by atoms with Crippen molar-refractivity contribution in [2.45, 2.75) is 19.8 Å². The van der Waals surface area contributed by atoms with E-state index < -0.39 is 0 Å². The van der Waals surface area contributed by atoms with Crippen LogP contribution in [0.25, 0.3) is 6.08 Å². The number of benzene rings is 2. The van der Waals surface area contributed by atoms with Gasteiger partial charge >= 0.3 is 5.97 Å². The number of esters is 1. The molecule has 1 aliphatic heterocycles. The van der Waals surface area contributed by atoms with Crippen LogP contribution in [0.1, 0.15) is 24.5 Å². The summed E-state index contributed by atoms with van der Waals surface area (Å²) in [5, 5.41) is 0. The average Bonchev–Trinajstić information content (AvgIpc) is 3.07. The quantitative estimate of drug-likeness (QED) is 0.228. The summed E-state index contributed by atoms with van der Waals surface area (Å²) in [6, 6.07) is 13.8. The lowest BCUT2D eigenvalue weighted by atomic mass is 10.1. The topological polar surface area (TPSA) is 65.1 Å². The number of thioether (sulfide) groups is 1. The number of ether oxygens (including phenoxy) is 3. The number of halogens is 1. The van der Waals surface area contributed by atoms with Gasteiger partial charge in [0.25, 0.3) is 5.91 Å². The number of carbonyl (C=O) groups excluding carboxylic acids is 2. The number of nitrogens with zero attached hydrogens (tertiary/aromatic N) is 1. The van der Waals surface area contributed by atoms with Crippen molar-refractivity contribution in [3.8, 4) is 11.5 Å². The van der Waals surface area contributed by atoms with Crippen molar-refractivity contribution in [1.29, 1.82) is 0 Å². The molecule has 1 aliphatic rings. The molecule has 6 nitrogen and oxygen atoms in total. The highest BCUT2D eigenvalue weighted by atomic mass is 79.9. The maximum Gasteiger partial charge on any atom is 0.307 e. The van der Waals surface area contributed by atoms with E-state index in [1.165, 1.54) is 29.3 Å². The summed E-state index contributed by atoms with van der Waals surface area (Å²) in [5.74, 6) is 0.593. The van der Waals surface area contributed by atoms with E-state index in [1.807, 2.05) is 37.3 Å². The predicted molar refractivity (Wildman–Crippen MR) is 137 cm³/mol. The highest BCUT2D eigenvalue weighted by Crippen LogP contribution is 2.39. The molecule has 0 bridgehead atoms. The number of hydrogen-bond donors (Lipinski definition) is 0. The molecule has 0 aromatic heterocycles. The molecule has 1 heterocycles. The number of amides is 1. The summed E-state index contributed by atoms with van der Waals surface area (Å²) in [6.45, 7) is 3.07. The summed E-state index contributed by atoms with van der Waals surface area (Å²) in [4.78, 5) is 26.1. The van der Waals surface area contributed by atoms with Gasteiger partial charge in [0.1, 0.15) is 4.32 Å². The fraction of sp³-hybridized carbons (Fsp3) is 0.292. The standard InChI is InChI=1S/C24H24BrNO5S2/c1-3-30-19-14-17(13-18(25)22(19)31-12-10-16-7-5-4-6-8-16)15-20-23(28)26(24(32)33-20)11-9-21(27)29-2/h4-8,13-15H,3,9-12H2,1-2H3/b20-15-. The summed E-state index contributed by atoms with van der Waals surface area (Å²) in [6.07, 6.45) is 2.62. The van der Waals surface area contributed by atoms with Crippen LogP contribution in [-0.4, -0.2) is 48.0 Å². The highest BCUT2D eigenvalue weighted by molar-refractivity contribution is 9.10. The van der Waals surface area contributed by atoms with Crippen molar-refractivity contribution in [3.63, 3.8) is 0 Å². The lowest BCUT2D eigenvalue weighted by molar-refractivity contribution is -0.140. The van der Waals surface area contributed by atoms with Crippen LogP contribution in [0.5, 0.6) is 11.5 Å². The molecule has 33 heavy (non-hydrogen) atoms. The molecule has 0 spiro atoms. The zero-order valence-corrected chi connectivity index (χ0v) is 21.6. The van der Waals surface area contributed by atoms with Crippen LogP contribution >= 0.6 is 39.9 Å². The summed E-state index contributed by atoms with van der Waals surface area (Å²) >= 11 is 10.1. The Morgan fingerprint density at radius 3 is 2.67 bits per heavy atom. The Balaban J connectivity index is 1.75. The van der Waals surface area contributed by atoms with Crippen molar-refractivity contribution in [2.24, 2.45) is 0 Å². The lowest BCUT2D eigenvalue weighted by Crippen LogP contribution is -2.30. The van der Waals surface area contributed by atoms with Crippen LogP contribution in [0, 0.1) is 0 Å². The molecular formula is C24H24BrNO5S2. The Kier molecular flexibility index (Phi) is 9.34. The van der Waals surface area contributed by atoms with Gasteiger partial charge in [0.15, 0.2) is 11.5 Å². The third-order valence-electron chi connectivity index (χ3n) is 4.75. The van der Waals surface area contributed by atoms with Gasteiger partial charge < -0.3 is 14.2 Å². The molecule has 9 heteroatoms. The minimum atomic E-state index is -0.388. The second kappa shape index (κ2) is 12.2. The van der Waals surface area contributed by atoms with Gasteiger partial charge in [-0.1, -0.05) is 54.3 Å². The zero-order valence-electron chi connectivity index (χ0n) is 18.3. The van der Waals surface area contributed by atoms with Crippen LogP contribution in [-0.2, 0) is 20.7 Å². The molecule has 2 aromatic carbocycles. The zero-order chi connectivity index (χ0) is 23.8. The van der Waals surface area contributed by atoms with Crippen LogP contribution < -0.4 is 9.47 Å². The molecule has 0 N–H and O–H groups in total. The van der Waals surface area contributed by atoms with Gasteiger partial charge in [-0.15, -0.1) is 0 Å². The number of carbonyl (C=O) groups is 2. The molecular weight excluding hydrogens is 526 g/mol. The number of hydrogen-bond acceptors (Lipinski definition) is 7. The van der Waals surface area contributed by atoms with E-state index in [9.17, 15) is 9.59 Å². The van der Waals surface area contributed by atoms with Gasteiger partial charge in [0.2, 0.25) is 0 Å². The Labute approximate surface area is 211 Å². The van der Waals surface area contributed by atoms with Crippen LogP contribution in [0.4, 0.5) is 0 Å². The van der Waals surface area contributed by atoms with Gasteiger partial charge in [-0.3, -0.25) is 14.5 Å². The molecule has 2 aromatic rings. The SMILES string of the molecule is CCOc1cc(/C=C2\SC(=S)N(CCC(=O)OC)C2=O)cc(Br)c1OCCc1ccccc1. The largest absolute Gasteiger partial charge is 0.490 e. The first-order valence-corrected chi connectivity index (χ1v) is 12.4. The van der Waals surface area contributed by atoms with Crippen molar-refractivity contribution in [3.05, 3.63) is 63.0 Å². The molecule has 0 unspecified atom stereocenters. The van der Waals surface area contributed by atoms with Crippen LogP contribution in [0.2, 0.25) is 0 Å². The molecule has 0 radical (unpaired) electrons. The third kappa shape index (κ3) is 6.82. The first kappa shape index (κ1) is 25.3. The first-order valence-electron chi connectivity index (χ1n) is 10.4. The van der Waals surface area contributed by atoms with Gasteiger partial charge in [0.05, 0.1) is 36.1 Å². The van der Waals surface area contributed by atoms with E-state index in [0.717, 1.165) is 16.5 Å². The summed E-state index contributed by atoms with van der Waals surface area (Å²) in [5.41, 5.74) is 1.96. The predicted octanol–water partition coefficient (Wildman–Crippen LogP) is 5.23. The average molecular weight is 550 g/mol. The molecule has 3 rings (SSSR count). The normalized spacial score (nSPS) is 14.6. The maximum atomic E-state index is 12.8. The maximum absolute atomic E-state index is 12.8. The van der Waals surface area contributed by atoms with E-state index >= 15 is 0 Å². The second-order valence-corrected chi connectivity index (χ2v) is 9.54. The second-order valence-electron chi connectivity index (χ2n) is 7.01. The monoisotopic (exact) mass is 549 g/mol. The van der Waals surface area contributed by atoms with E-state index in [0.29, 0.717) is 33.9 Å². The fourth-order valence-electron chi connectivity index (χ4n) is 3.14. The van der Waals surface area contributed by atoms with Crippen molar-refractivity contribution >= 4 is 62.2 Å². The number of methoxy groups -OCH3 is 1. The molecule has 1 fully saturated rings. The Morgan fingerprint density at radius 1 is 1.21 bits per heavy atom. The molecule has 174 valence electrons. The van der Waals surface area contributed by atoms with Gasteiger partial charge in [-0.25, -0.2) is 0 Å². The molecule has 0 atom stereocenters. The number of rotatable bonds is 10. The Morgan fingerprint density at radius 2 is 1.97 bits per heavy atom. The van der Waals surface area contributed by atoms with E-state index in [4.69, 9.17) is 21.7 Å². The molecule has 1 saturated heterocycles. The van der Waals surface area contributed by atoms with Crippen molar-refractivity contribution in [1.82, 2.24) is 4.90 Å². The van der Waals surface area contributed by atoms with E-state index in [2.05, 4.69) is 32.8 Å². The molecule has 1 amide bonds. The van der Waals surface area contributed by atoms with Gasteiger partial charge in [-0.2, -0.15) is 0 Å². The van der Waals surface area contributed by atoms with Crippen molar-refractivity contribution in [2.75, 3.05) is 26.9 Å². The Hall–Kier alpha value is -2.36. The third-order valence-corrected chi connectivity index (χ3v) is 6.72. The van der Waals surface area contributed by atoms with Crippen LogP contribution in [0.3, 0.4) is 0 Å². The van der Waals surface area contributed by atoms with E-state index in [1.54, 1.807) is 6.08 Å². The van der Waals surface area contributed by atoms with E-state index in [-0.39, 0.29) is 24.8 Å².